The number of hydrogen-bond donors (Lipinski definition) is 3. The number of ether oxygens (including phenoxy) is 1. The number of methoxy groups -OCH3 is 1. The number of nitrogens with one attached hydrogen (secondary N) is 2. The van der Waals surface area contributed by atoms with E-state index in [1.54, 1.807) is 0 Å². The topological polar surface area (TPSA) is 87.2 Å². The predicted molar refractivity (Wildman–Crippen MR) is 60.8 cm³/mol. The minimum absolute atomic E-state index is 0.121. The highest BCUT2D eigenvalue weighted by atomic mass is 16.5. The minimum Gasteiger partial charge on any atom is -0.489 e. The van der Waals surface area contributed by atoms with Gasteiger partial charge < -0.3 is 20.1 Å². The van der Waals surface area contributed by atoms with E-state index in [1.807, 2.05) is 6.92 Å². The van der Waals surface area contributed by atoms with Crippen molar-refractivity contribution in [1.29, 1.82) is 0 Å². The van der Waals surface area contributed by atoms with E-state index in [0.717, 1.165) is 6.42 Å². The number of H-pyrrole nitrogens is 1. The highest BCUT2D eigenvalue weighted by molar-refractivity contribution is 5.48. The van der Waals surface area contributed by atoms with Gasteiger partial charge in [0, 0.05) is 12.6 Å². The van der Waals surface area contributed by atoms with Crippen molar-refractivity contribution < 1.29 is 9.84 Å². The molecule has 1 aromatic heterocycles. The summed E-state index contributed by atoms with van der Waals surface area (Å²) in [5.41, 5.74) is -0.311. The molecule has 0 radical (unpaired) electrons. The SMILES string of the molecule is COc1c(NC(C)CCCO)nc[nH]c1=O. The molecule has 0 saturated carbocycles. The first-order valence-electron chi connectivity index (χ1n) is 5.18. The predicted octanol–water partition coefficient (Wildman–Crippen LogP) is 0.351. The Kier molecular flexibility index (Phi) is 4.78. The van der Waals surface area contributed by atoms with Crippen molar-refractivity contribution in [2.45, 2.75) is 25.8 Å². The monoisotopic (exact) mass is 227 g/mol. The summed E-state index contributed by atoms with van der Waals surface area (Å²) >= 11 is 0. The third kappa shape index (κ3) is 3.23. The van der Waals surface area contributed by atoms with Crippen LogP contribution >= 0.6 is 0 Å². The van der Waals surface area contributed by atoms with E-state index in [9.17, 15) is 4.79 Å². The normalized spacial score (nSPS) is 12.2. The van der Waals surface area contributed by atoms with Gasteiger partial charge in [-0.2, -0.15) is 0 Å². The van der Waals surface area contributed by atoms with Crippen molar-refractivity contribution in [2.24, 2.45) is 0 Å². The molecule has 6 heteroatoms. The zero-order valence-corrected chi connectivity index (χ0v) is 9.49. The lowest BCUT2D eigenvalue weighted by Crippen LogP contribution is -2.20. The molecule has 90 valence electrons. The van der Waals surface area contributed by atoms with Crippen LogP contribution < -0.4 is 15.6 Å². The molecular weight excluding hydrogens is 210 g/mol. The molecule has 0 aliphatic rings. The Bertz CT molecular complexity index is 378. The molecule has 0 saturated heterocycles. The standard InChI is InChI=1S/C10H17N3O3/c1-7(4-3-5-14)13-9-8(16-2)10(15)12-6-11-9/h6-7,14H,3-5H2,1-2H3,(H2,11,12,13,15). The lowest BCUT2D eigenvalue weighted by molar-refractivity contribution is 0.282. The van der Waals surface area contributed by atoms with Gasteiger partial charge >= 0.3 is 0 Å². The molecule has 3 N–H and O–H groups in total. The van der Waals surface area contributed by atoms with E-state index in [-0.39, 0.29) is 24.0 Å². The van der Waals surface area contributed by atoms with Crippen LogP contribution in [0, 0.1) is 0 Å². The third-order valence-electron chi connectivity index (χ3n) is 2.19. The maximum Gasteiger partial charge on any atom is 0.295 e. The summed E-state index contributed by atoms with van der Waals surface area (Å²) in [6.45, 7) is 2.12. The first kappa shape index (κ1) is 12.5. The first-order chi connectivity index (χ1) is 7.69. The molecule has 0 aliphatic carbocycles. The van der Waals surface area contributed by atoms with E-state index in [0.29, 0.717) is 12.2 Å². The van der Waals surface area contributed by atoms with Gasteiger partial charge in [-0.05, 0) is 19.8 Å². The molecule has 0 fully saturated rings. The summed E-state index contributed by atoms with van der Waals surface area (Å²) in [5, 5.41) is 11.8. The molecule has 0 aromatic carbocycles. The smallest absolute Gasteiger partial charge is 0.295 e. The van der Waals surface area contributed by atoms with E-state index < -0.39 is 0 Å². The molecule has 16 heavy (non-hydrogen) atoms. The van der Waals surface area contributed by atoms with Gasteiger partial charge in [-0.25, -0.2) is 4.98 Å². The molecule has 0 spiro atoms. The molecule has 6 nitrogen and oxygen atoms in total. The van der Waals surface area contributed by atoms with Gasteiger partial charge in [0.15, 0.2) is 5.82 Å². The van der Waals surface area contributed by atoms with Crippen LogP contribution in [-0.4, -0.2) is 34.8 Å². The zero-order chi connectivity index (χ0) is 12.0. The fourth-order valence-corrected chi connectivity index (χ4v) is 1.38. The van der Waals surface area contributed by atoms with Gasteiger partial charge in [0.25, 0.3) is 5.56 Å². The van der Waals surface area contributed by atoms with E-state index in [1.165, 1.54) is 13.4 Å². The molecule has 0 aliphatic heterocycles. The summed E-state index contributed by atoms with van der Waals surface area (Å²) in [5.74, 6) is 0.607. The largest absolute Gasteiger partial charge is 0.489 e. The highest BCUT2D eigenvalue weighted by Gasteiger charge is 2.10. The van der Waals surface area contributed by atoms with Crippen LogP contribution in [-0.2, 0) is 0 Å². The minimum atomic E-state index is -0.311. The lowest BCUT2D eigenvalue weighted by Gasteiger charge is -2.15. The molecule has 0 amide bonds. The molecule has 1 rings (SSSR count). The lowest BCUT2D eigenvalue weighted by atomic mass is 10.2. The Morgan fingerprint density at radius 3 is 3.06 bits per heavy atom. The van der Waals surface area contributed by atoms with Crippen LogP contribution in [0.2, 0.25) is 0 Å². The second-order valence-corrected chi connectivity index (χ2v) is 3.52. The molecule has 1 unspecified atom stereocenters. The van der Waals surface area contributed by atoms with Crippen LogP contribution in [0.5, 0.6) is 5.75 Å². The Labute approximate surface area is 93.7 Å². The molecular formula is C10H17N3O3. The van der Waals surface area contributed by atoms with Gasteiger partial charge in [0.1, 0.15) is 0 Å². The van der Waals surface area contributed by atoms with Gasteiger partial charge in [-0.1, -0.05) is 0 Å². The maximum atomic E-state index is 11.4. The Morgan fingerprint density at radius 1 is 1.69 bits per heavy atom. The number of rotatable bonds is 6. The van der Waals surface area contributed by atoms with Crippen LogP contribution in [0.3, 0.4) is 0 Å². The van der Waals surface area contributed by atoms with Crippen molar-refractivity contribution in [3.05, 3.63) is 16.7 Å². The molecule has 0 bridgehead atoms. The third-order valence-corrected chi connectivity index (χ3v) is 2.19. The van der Waals surface area contributed by atoms with E-state index in [4.69, 9.17) is 9.84 Å². The highest BCUT2D eigenvalue weighted by Crippen LogP contribution is 2.16. The van der Waals surface area contributed by atoms with E-state index in [2.05, 4.69) is 15.3 Å². The number of aromatic amines is 1. The average Bonchev–Trinajstić information content (AvgIpc) is 2.27. The quantitative estimate of drug-likeness (QED) is 0.652. The van der Waals surface area contributed by atoms with Gasteiger partial charge in [-0.3, -0.25) is 4.79 Å². The number of aliphatic hydroxyl groups is 1. The van der Waals surface area contributed by atoms with Gasteiger partial charge in [0.2, 0.25) is 5.75 Å². The van der Waals surface area contributed by atoms with E-state index >= 15 is 0 Å². The Balaban J connectivity index is 2.73. The second kappa shape index (κ2) is 6.12. The summed E-state index contributed by atoms with van der Waals surface area (Å²) in [6.07, 6.45) is 2.83. The summed E-state index contributed by atoms with van der Waals surface area (Å²) < 4.78 is 4.96. The number of hydrogen-bond acceptors (Lipinski definition) is 5. The van der Waals surface area contributed by atoms with Gasteiger partial charge in [-0.15, -0.1) is 0 Å². The fraction of sp³-hybridized carbons (Fsp3) is 0.600. The summed E-state index contributed by atoms with van der Waals surface area (Å²) in [6, 6.07) is 0.121. The van der Waals surface area contributed by atoms with Crippen molar-refractivity contribution in [1.82, 2.24) is 9.97 Å². The summed E-state index contributed by atoms with van der Waals surface area (Å²) in [4.78, 5) is 17.8. The molecule has 1 heterocycles. The van der Waals surface area contributed by atoms with Crippen LogP contribution in [0.15, 0.2) is 11.1 Å². The number of aromatic nitrogens is 2. The molecule has 1 atom stereocenters. The number of nitrogens with zero attached hydrogens (tertiary/aromatic N) is 1. The van der Waals surface area contributed by atoms with Crippen molar-refractivity contribution in [2.75, 3.05) is 19.0 Å². The molecule has 1 aromatic rings. The van der Waals surface area contributed by atoms with Crippen LogP contribution in [0.25, 0.3) is 0 Å². The summed E-state index contributed by atoms with van der Waals surface area (Å²) in [7, 11) is 1.43. The van der Waals surface area contributed by atoms with Crippen molar-refractivity contribution in [3.63, 3.8) is 0 Å². The fourth-order valence-electron chi connectivity index (χ4n) is 1.38. The Hall–Kier alpha value is -1.56. The zero-order valence-electron chi connectivity index (χ0n) is 9.49. The van der Waals surface area contributed by atoms with Crippen molar-refractivity contribution in [3.8, 4) is 5.75 Å². The van der Waals surface area contributed by atoms with Crippen molar-refractivity contribution >= 4 is 5.82 Å². The van der Waals surface area contributed by atoms with Gasteiger partial charge in [0.05, 0.1) is 13.4 Å². The average molecular weight is 227 g/mol. The number of aliphatic hydroxyl groups excluding tert-OH is 1. The second-order valence-electron chi connectivity index (χ2n) is 3.52. The number of anilines is 1. The maximum absolute atomic E-state index is 11.4. The van der Waals surface area contributed by atoms with Crippen LogP contribution in [0.1, 0.15) is 19.8 Å². The van der Waals surface area contributed by atoms with Crippen LogP contribution in [0.4, 0.5) is 5.82 Å². The first-order valence-corrected chi connectivity index (χ1v) is 5.18. The Morgan fingerprint density at radius 2 is 2.44 bits per heavy atom.